The van der Waals surface area contributed by atoms with Crippen LogP contribution in [0.5, 0.6) is 5.75 Å². The number of benzene rings is 3. The van der Waals surface area contributed by atoms with Crippen LogP contribution in [0.3, 0.4) is 0 Å². The summed E-state index contributed by atoms with van der Waals surface area (Å²) in [4.78, 5) is 34.4. The molecule has 0 aromatic heterocycles. The monoisotopic (exact) mass is 446 g/mol. The van der Waals surface area contributed by atoms with Crippen LogP contribution < -0.4 is 15.5 Å². The zero-order valence-corrected chi connectivity index (χ0v) is 17.8. The SMILES string of the molecule is C[C@@H](NC(=O)COc1ccc(/C=N\NC(=O)c2cccc([N+](=O)[O-])c2)cc1)c1ccccc1. The second kappa shape index (κ2) is 11.2. The van der Waals surface area contributed by atoms with Gasteiger partial charge in [0.05, 0.1) is 17.2 Å². The number of non-ortho nitro benzene ring substituents is 1. The molecule has 3 rings (SSSR count). The molecule has 0 unspecified atom stereocenters. The summed E-state index contributed by atoms with van der Waals surface area (Å²) in [7, 11) is 0. The lowest BCUT2D eigenvalue weighted by Crippen LogP contribution is -2.31. The van der Waals surface area contributed by atoms with E-state index in [1.807, 2.05) is 37.3 Å². The second-order valence-electron chi connectivity index (χ2n) is 7.06. The zero-order chi connectivity index (χ0) is 23.6. The van der Waals surface area contributed by atoms with Gasteiger partial charge in [-0.25, -0.2) is 5.43 Å². The maximum Gasteiger partial charge on any atom is 0.271 e. The van der Waals surface area contributed by atoms with Crippen molar-refractivity contribution in [2.45, 2.75) is 13.0 Å². The van der Waals surface area contributed by atoms with Gasteiger partial charge in [-0.1, -0.05) is 36.4 Å². The summed E-state index contributed by atoms with van der Waals surface area (Å²) in [6, 6.07) is 21.6. The zero-order valence-electron chi connectivity index (χ0n) is 17.8. The molecule has 2 amide bonds. The minimum atomic E-state index is -0.572. The van der Waals surface area contributed by atoms with Gasteiger partial charge in [-0.2, -0.15) is 5.10 Å². The van der Waals surface area contributed by atoms with Crippen LogP contribution in [0.1, 0.15) is 34.5 Å². The minimum Gasteiger partial charge on any atom is -0.484 e. The fourth-order valence-corrected chi connectivity index (χ4v) is 2.90. The topological polar surface area (TPSA) is 123 Å². The van der Waals surface area contributed by atoms with E-state index >= 15 is 0 Å². The molecule has 9 heteroatoms. The third kappa shape index (κ3) is 7.00. The van der Waals surface area contributed by atoms with Crippen molar-refractivity contribution in [2.24, 2.45) is 5.10 Å². The molecule has 0 spiro atoms. The van der Waals surface area contributed by atoms with Crippen molar-refractivity contribution in [3.63, 3.8) is 0 Å². The standard InChI is InChI=1S/C24H22N4O5/c1-17(19-6-3-2-4-7-19)26-23(29)16-33-22-12-10-18(11-13-22)15-25-27-24(30)20-8-5-9-21(14-20)28(31)32/h2-15,17H,16H2,1H3,(H,26,29)(H,27,30)/b25-15-/t17-/m1/s1. The molecule has 0 aliphatic carbocycles. The largest absolute Gasteiger partial charge is 0.484 e. The van der Waals surface area contributed by atoms with Crippen molar-refractivity contribution in [3.8, 4) is 5.75 Å². The van der Waals surface area contributed by atoms with Gasteiger partial charge in [-0.05, 0) is 48.4 Å². The Morgan fingerprint density at radius 1 is 1.06 bits per heavy atom. The maximum atomic E-state index is 12.1. The Kier molecular flexibility index (Phi) is 7.85. The van der Waals surface area contributed by atoms with E-state index in [1.54, 1.807) is 24.3 Å². The maximum absolute atomic E-state index is 12.1. The molecule has 3 aromatic rings. The van der Waals surface area contributed by atoms with Gasteiger partial charge in [0.1, 0.15) is 5.75 Å². The van der Waals surface area contributed by atoms with Crippen molar-refractivity contribution in [2.75, 3.05) is 6.61 Å². The predicted molar refractivity (Wildman–Crippen MR) is 123 cm³/mol. The van der Waals surface area contributed by atoms with E-state index in [2.05, 4.69) is 15.8 Å². The van der Waals surface area contributed by atoms with Gasteiger partial charge in [0.25, 0.3) is 17.5 Å². The van der Waals surface area contributed by atoms with E-state index in [-0.39, 0.29) is 29.8 Å². The number of nitrogens with zero attached hydrogens (tertiary/aromatic N) is 2. The van der Waals surface area contributed by atoms with E-state index < -0.39 is 10.8 Å². The average Bonchev–Trinajstić information content (AvgIpc) is 2.84. The summed E-state index contributed by atoms with van der Waals surface area (Å²) in [6.07, 6.45) is 1.42. The molecule has 0 bridgehead atoms. The Hall–Kier alpha value is -4.53. The molecule has 3 aromatic carbocycles. The van der Waals surface area contributed by atoms with Crippen molar-refractivity contribution in [3.05, 3.63) is 106 Å². The average molecular weight is 446 g/mol. The number of amides is 2. The molecule has 168 valence electrons. The number of nitro groups is 1. The first kappa shape index (κ1) is 23.1. The number of hydrogen-bond donors (Lipinski definition) is 2. The minimum absolute atomic E-state index is 0.121. The van der Waals surface area contributed by atoms with Gasteiger partial charge in [-0.15, -0.1) is 0 Å². The van der Waals surface area contributed by atoms with Crippen LogP contribution in [-0.4, -0.2) is 29.6 Å². The number of nitrogens with one attached hydrogen (secondary N) is 2. The van der Waals surface area contributed by atoms with Gasteiger partial charge < -0.3 is 10.1 Å². The highest BCUT2D eigenvalue weighted by molar-refractivity contribution is 5.95. The third-order valence-corrected chi connectivity index (χ3v) is 4.63. The van der Waals surface area contributed by atoms with Crippen molar-refractivity contribution in [1.82, 2.24) is 10.7 Å². The first-order chi connectivity index (χ1) is 15.9. The molecule has 0 aliphatic heterocycles. The Morgan fingerprint density at radius 2 is 1.79 bits per heavy atom. The summed E-state index contributed by atoms with van der Waals surface area (Å²) in [5.41, 5.74) is 3.97. The van der Waals surface area contributed by atoms with Gasteiger partial charge in [-0.3, -0.25) is 19.7 Å². The number of hydrazone groups is 1. The van der Waals surface area contributed by atoms with Crippen LogP contribution in [0, 0.1) is 10.1 Å². The lowest BCUT2D eigenvalue weighted by Gasteiger charge is -2.14. The van der Waals surface area contributed by atoms with Gasteiger partial charge in [0.15, 0.2) is 6.61 Å². The molecular formula is C24H22N4O5. The third-order valence-electron chi connectivity index (χ3n) is 4.63. The Labute approximate surface area is 190 Å². The Balaban J connectivity index is 1.46. The highest BCUT2D eigenvalue weighted by atomic mass is 16.6. The van der Waals surface area contributed by atoms with Crippen LogP contribution >= 0.6 is 0 Å². The van der Waals surface area contributed by atoms with E-state index in [4.69, 9.17) is 4.74 Å². The van der Waals surface area contributed by atoms with Gasteiger partial charge in [0.2, 0.25) is 0 Å². The molecule has 0 heterocycles. The smallest absolute Gasteiger partial charge is 0.271 e. The van der Waals surface area contributed by atoms with E-state index in [1.165, 1.54) is 30.5 Å². The van der Waals surface area contributed by atoms with Crippen molar-refractivity contribution in [1.29, 1.82) is 0 Å². The summed E-state index contributed by atoms with van der Waals surface area (Å²) < 4.78 is 5.51. The summed E-state index contributed by atoms with van der Waals surface area (Å²) in [5, 5.41) is 17.5. The molecule has 33 heavy (non-hydrogen) atoms. The normalized spacial score (nSPS) is 11.5. The summed E-state index contributed by atoms with van der Waals surface area (Å²) >= 11 is 0. The van der Waals surface area contributed by atoms with E-state index in [9.17, 15) is 19.7 Å². The molecule has 2 N–H and O–H groups in total. The number of hydrogen-bond acceptors (Lipinski definition) is 6. The second-order valence-corrected chi connectivity index (χ2v) is 7.06. The molecule has 0 radical (unpaired) electrons. The molecule has 0 saturated carbocycles. The highest BCUT2D eigenvalue weighted by Gasteiger charge is 2.11. The molecule has 0 fully saturated rings. The first-order valence-electron chi connectivity index (χ1n) is 10.1. The Morgan fingerprint density at radius 3 is 2.48 bits per heavy atom. The molecule has 1 atom stereocenters. The van der Waals surface area contributed by atoms with Crippen LogP contribution in [-0.2, 0) is 4.79 Å². The molecule has 0 aliphatic rings. The van der Waals surface area contributed by atoms with Crippen molar-refractivity contribution < 1.29 is 19.2 Å². The number of nitro benzene ring substituents is 1. The lowest BCUT2D eigenvalue weighted by atomic mass is 10.1. The van der Waals surface area contributed by atoms with Gasteiger partial charge in [0, 0.05) is 17.7 Å². The van der Waals surface area contributed by atoms with Crippen LogP contribution in [0.4, 0.5) is 5.69 Å². The van der Waals surface area contributed by atoms with Crippen molar-refractivity contribution >= 4 is 23.7 Å². The number of ether oxygens (including phenoxy) is 1. The molecule has 9 nitrogen and oxygen atoms in total. The lowest BCUT2D eigenvalue weighted by molar-refractivity contribution is -0.384. The highest BCUT2D eigenvalue weighted by Crippen LogP contribution is 2.14. The van der Waals surface area contributed by atoms with Gasteiger partial charge >= 0.3 is 0 Å². The first-order valence-corrected chi connectivity index (χ1v) is 10.1. The predicted octanol–water partition coefficient (Wildman–Crippen LogP) is 3.61. The van der Waals surface area contributed by atoms with E-state index in [0.29, 0.717) is 11.3 Å². The quantitative estimate of drug-likeness (QED) is 0.295. The summed E-state index contributed by atoms with van der Waals surface area (Å²) in [5.74, 6) is -0.290. The van der Waals surface area contributed by atoms with Crippen LogP contribution in [0.25, 0.3) is 0 Å². The Bertz CT molecular complexity index is 1150. The van der Waals surface area contributed by atoms with Crippen LogP contribution in [0.2, 0.25) is 0 Å². The number of rotatable bonds is 9. The molecule has 0 saturated heterocycles. The van der Waals surface area contributed by atoms with E-state index in [0.717, 1.165) is 5.56 Å². The fraction of sp³-hybridized carbons (Fsp3) is 0.125. The number of carbonyl (C=O) groups excluding carboxylic acids is 2. The van der Waals surface area contributed by atoms with Crippen LogP contribution in [0.15, 0.2) is 84.0 Å². The molecular weight excluding hydrogens is 424 g/mol. The number of carbonyl (C=O) groups is 2. The summed E-state index contributed by atoms with van der Waals surface area (Å²) in [6.45, 7) is 1.78. The fourth-order valence-electron chi connectivity index (χ4n) is 2.90.